The lowest BCUT2D eigenvalue weighted by Crippen LogP contribution is -2.67. The van der Waals surface area contributed by atoms with Crippen molar-refractivity contribution in [2.45, 2.75) is 146 Å². The highest BCUT2D eigenvalue weighted by molar-refractivity contribution is 5.90. The van der Waals surface area contributed by atoms with Crippen LogP contribution < -0.4 is 0 Å². The first kappa shape index (κ1) is 38.2. The first-order chi connectivity index (χ1) is 20.4. The molecule has 2 aliphatic heterocycles. The van der Waals surface area contributed by atoms with Gasteiger partial charge in [0.05, 0.1) is 21.7 Å². The molecule has 256 valence electrons. The monoisotopic (exact) mass is 637 g/mol. The molecule has 2 aliphatic rings. The normalized spacial score (nSPS) is 26.2. The van der Waals surface area contributed by atoms with Crippen molar-refractivity contribution in [2.75, 3.05) is 6.61 Å². The van der Waals surface area contributed by atoms with Gasteiger partial charge in [-0.05, 0) is 95.6 Å². The van der Waals surface area contributed by atoms with Gasteiger partial charge in [0.15, 0.2) is 30.3 Å². The summed E-state index contributed by atoms with van der Waals surface area (Å²) < 4.78 is 30.5. The smallest absolute Gasteiger partial charge is 0.311 e. The van der Waals surface area contributed by atoms with Crippen LogP contribution in [0.5, 0.6) is 0 Å². The summed E-state index contributed by atoms with van der Waals surface area (Å²) in [6.45, 7) is 21.9. The summed E-state index contributed by atoms with van der Waals surface area (Å²) in [5.74, 6) is -2.42. The van der Waals surface area contributed by atoms with Crippen LogP contribution in [-0.2, 0) is 47.7 Å². The van der Waals surface area contributed by atoms with Gasteiger partial charge in [-0.15, -0.1) is 0 Å². The molecule has 0 aliphatic carbocycles. The van der Waals surface area contributed by atoms with Crippen LogP contribution in [0, 0.1) is 21.7 Å². The van der Waals surface area contributed by atoms with Gasteiger partial charge in [0.1, 0.15) is 12.7 Å². The van der Waals surface area contributed by atoms with E-state index >= 15 is 0 Å². The van der Waals surface area contributed by atoms with Gasteiger partial charge in [-0.3, -0.25) is 24.0 Å². The van der Waals surface area contributed by atoms with E-state index in [9.17, 15) is 24.0 Å². The molecular weight excluding hydrogens is 582 g/mol. The lowest BCUT2D eigenvalue weighted by atomic mass is 9.91. The molecule has 2 rings (SSSR count). The quantitative estimate of drug-likeness (QED) is 0.259. The number of rotatable bonds is 8. The predicted octanol–water partition coefficient (Wildman–Crippen LogP) is 5.13. The average Bonchev–Trinajstić information content (AvgIpc) is 2.87. The molecule has 1 saturated heterocycles. The van der Waals surface area contributed by atoms with E-state index in [1.807, 2.05) is 6.92 Å². The summed E-state index contributed by atoms with van der Waals surface area (Å²) in [5, 5.41) is 0. The van der Waals surface area contributed by atoms with Crippen LogP contribution in [-0.4, -0.2) is 77.9 Å². The molecule has 0 aromatic rings. The molecular formula is C34H55NO10. The highest BCUT2D eigenvalue weighted by Crippen LogP contribution is 2.37. The summed E-state index contributed by atoms with van der Waals surface area (Å²) in [6.07, 6.45) is -1.57. The molecule has 11 nitrogen and oxygen atoms in total. The van der Waals surface area contributed by atoms with Gasteiger partial charge in [0.2, 0.25) is 0 Å². The lowest BCUT2D eigenvalue weighted by Gasteiger charge is -2.50. The van der Waals surface area contributed by atoms with Gasteiger partial charge in [-0.25, -0.2) is 0 Å². The molecule has 0 unspecified atom stereocenters. The van der Waals surface area contributed by atoms with Crippen LogP contribution in [0.4, 0.5) is 0 Å². The van der Waals surface area contributed by atoms with Crippen LogP contribution in [0.25, 0.3) is 0 Å². The SMILES string of the molecule is CCC[C@@H]1CC(=O)C=CN1[C@@H]1O[C@H](COC(=O)C(C)(C)C)[C@H](OC(=O)C(C)(C)C)[C@H](OC(=O)C(C)(C)C)[C@H]1OC(=O)C(C)(C)C. The van der Waals surface area contributed by atoms with Crippen LogP contribution in [0.1, 0.15) is 109 Å². The van der Waals surface area contributed by atoms with E-state index in [2.05, 4.69) is 0 Å². The van der Waals surface area contributed by atoms with Gasteiger partial charge in [0, 0.05) is 18.7 Å². The second-order valence-electron chi connectivity index (χ2n) is 16.1. The van der Waals surface area contributed by atoms with Crippen LogP contribution in [0.2, 0.25) is 0 Å². The minimum atomic E-state index is -1.35. The maximum absolute atomic E-state index is 13.5. The number of ether oxygens (including phenoxy) is 5. The van der Waals surface area contributed by atoms with Crippen LogP contribution in [0.15, 0.2) is 12.3 Å². The Morgan fingerprint density at radius 1 is 0.733 bits per heavy atom. The minimum absolute atomic E-state index is 0.0629. The fourth-order valence-corrected chi connectivity index (χ4v) is 4.52. The zero-order valence-electron chi connectivity index (χ0n) is 29.5. The van der Waals surface area contributed by atoms with E-state index in [4.69, 9.17) is 23.7 Å². The van der Waals surface area contributed by atoms with Gasteiger partial charge in [-0.1, -0.05) is 13.3 Å². The Hall–Kier alpha value is -2.95. The maximum Gasteiger partial charge on any atom is 0.311 e. The summed E-state index contributed by atoms with van der Waals surface area (Å²) in [6, 6.07) is -0.321. The summed E-state index contributed by atoms with van der Waals surface area (Å²) in [4.78, 5) is 67.4. The number of carbonyl (C=O) groups excluding carboxylic acids is 5. The topological polar surface area (TPSA) is 135 Å². The Labute approximate surface area is 268 Å². The van der Waals surface area contributed by atoms with E-state index in [1.54, 1.807) is 94.2 Å². The highest BCUT2D eigenvalue weighted by atomic mass is 16.7. The van der Waals surface area contributed by atoms with Crippen molar-refractivity contribution in [3.63, 3.8) is 0 Å². The molecule has 0 saturated carbocycles. The molecule has 2 heterocycles. The zero-order chi connectivity index (χ0) is 34.7. The Morgan fingerprint density at radius 2 is 1.18 bits per heavy atom. The molecule has 0 N–H and O–H groups in total. The minimum Gasteiger partial charge on any atom is -0.462 e. The van der Waals surface area contributed by atoms with Gasteiger partial charge >= 0.3 is 23.9 Å². The third-order valence-electron chi connectivity index (χ3n) is 7.37. The molecule has 1 fully saturated rings. The van der Waals surface area contributed by atoms with Crippen molar-refractivity contribution in [1.82, 2.24) is 4.90 Å². The third-order valence-corrected chi connectivity index (χ3v) is 7.37. The van der Waals surface area contributed by atoms with Crippen LogP contribution in [0.3, 0.4) is 0 Å². The molecule has 0 aromatic carbocycles. The van der Waals surface area contributed by atoms with Crippen molar-refractivity contribution in [1.29, 1.82) is 0 Å². The number of nitrogens with zero attached hydrogens (tertiary/aromatic N) is 1. The summed E-state index contributed by atoms with van der Waals surface area (Å²) in [5.41, 5.74) is -3.71. The highest BCUT2D eigenvalue weighted by Gasteiger charge is 2.56. The molecule has 0 bridgehead atoms. The zero-order valence-corrected chi connectivity index (χ0v) is 29.5. The first-order valence-corrected chi connectivity index (χ1v) is 15.8. The molecule has 0 radical (unpaired) electrons. The van der Waals surface area contributed by atoms with Crippen molar-refractivity contribution in [2.24, 2.45) is 21.7 Å². The summed E-state index contributed by atoms with van der Waals surface area (Å²) in [7, 11) is 0. The number of allylic oxidation sites excluding steroid dienone is 1. The Balaban J connectivity index is 2.80. The molecule has 0 aromatic heterocycles. The number of ketones is 1. The average molecular weight is 638 g/mol. The Morgan fingerprint density at radius 3 is 1.62 bits per heavy atom. The standard InChI is InChI=1S/C34H55NO10/c1-14-15-20-18-21(36)16-17-35(20)26-25(45-30(40)34(11,12)13)24(44-29(39)33(8,9)10)23(43-28(38)32(5,6)7)22(42-26)19-41-27(37)31(2,3)4/h16-17,20,22-26H,14-15,18-19H2,1-13H3/t20-,22-,23+,24+,25-,26-/m1/s1. The van der Waals surface area contributed by atoms with E-state index in [1.165, 1.54) is 6.08 Å². The number of hydrogen-bond acceptors (Lipinski definition) is 11. The largest absolute Gasteiger partial charge is 0.462 e. The maximum atomic E-state index is 13.5. The Kier molecular flexibility index (Phi) is 12.1. The molecule has 6 atom stereocenters. The van der Waals surface area contributed by atoms with Crippen LogP contribution >= 0.6 is 0 Å². The fraction of sp³-hybridized carbons (Fsp3) is 0.794. The number of hydrogen-bond donors (Lipinski definition) is 0. The summed E-state index contributed by atoms with van der Waals surface area (Å²) >= 11 is 0. The first-order valence-electron chi connectivity index (χ1n) is 15.8. The lowest BCUT2D eigenvalue weighted by molar-refractivity contribution is -0.283. The van der Waals surface area contributed by atoms with Gasteiger partial charge in [0.25, 0.3) is 0 Å². The van der Waals surface area contributed by atoms with Gasteiger partial charge < -0.3 is 28.6 Å². The van der Waals surface area contributed by atoms with Crippen molar-refractivity contribution < 1.29 is 47.7 Å². The van der Waals surface area contributed by atoms with Crippen molar-refractivity contribution >= 4 is 29.7 Å². The van der Waals surface area contributed by atoms with Crippen molar-refractivity contribution in [3.05, 3.63) is 12.3 Å². The van der Waals surface area contributed by atoms with E-state index in [0.29, 0.717) is 6.42 Å². The second-order valence-corrected chi connectivity index (χ2v) is 16.1. The van der Waals surface area contributed by atoms with E-state index < -0.39 is 76.2 Å². The third kappa shape index (κ3) is 10.3. The second kappa shape index (κ2) is 14.2. The predicted molar refractivity (Wildman–Crippen MR) is 166 cm³/mol. The molecule has 45 heavy (non-hydrogen) atoms. The Bertz CT molecular complexity index is 1130. The number of carbonyl (C=O) groups is 5. The van der Waals surface area contributed by atoms with E-state index in [0.717, 1.165) is 6.42 Å². The molecule has 0 spiro atoms. The number of esters is 4. The van der Waals surface area contributed by atoms with Crippen molar-refractivity contribution in [3.8, 4) is 0 Å². The molecule has 11 heteroatoms. The fourth-order valence-electron chi connectivity index (χ4n) is 4.52. The molecule has 0 amide bonds. The van der Waals surface area contributed by atoms with E-state index in [-0.39, 0.29) is 24.9 Å². The van der Waals surface area contributed by atoms with Gasteiger partial charge in [-0.2, -0.15) is 0 Å².